The summed E-state index contributed by atoms with van der Waals surface area (Å²) < 4.78 is 0. The zero-order chi connectivity index (χ0) is 16.1. The normalized spacial score (nSPS) is 12.1. The van der Waals surface area contributed by atoms with Gasteiger partial charge in [0.25, 0.3) is 0 Å². The minimum Gasteiger partial charge on any atom is -0.354 e. The topological polar surface area (TPSA) is 56.7 Å². The monoisotopic (exact) mass is 424 g/mol. The quantitative estimate of drug-likeness (QED) is 0.187. The highest BCUT2D eigenvalue weighted by molar-refractivity contribution is 14.0. The number of hydrogen-bond donors (Lipinski definition) is 2. The summed E-state index contributed by atoms with van der Waals surface area (Å²) in [5.41, 5.74) is 0. The number of amides is 1. The minimum atomic E-state index is -0.00898. The number of nitrogens with one attached hydrogen (secondary N) is 2. The third kappa shape index (κ3) is 12.9. The summed E-state index contributed by atoms with van der Waals surface area (Å²) in [6.07, 6.45) is 7.91. The maximum atomic E-state index is 11.6. The Morgan fingerprint density at radius 3 is 2.55 bits per heavy atom. The van der Waals surface area contributed by atoms with Crippen molar-refractivity contribution < 1.29 is 4.79 Å². The number of nitrogens with zero attached hydrogens (tertiary/aromatic N) is 2. The van der Waals surface area contributed by atoms with E-state index in [4.69, 9.17) is 0 Å². The predicted molar refractivity (Wildman–Crippen MR) is 106 cm³/mol. The molecule has 0 aromatic heterocycles. The first-order valence-electron chi connectivity index (χ1n) is 7.87. The van der Waals surface area contributed by atoms with Gasteiger partial charge in [-0.2, -0.15) is 0 Å². The molecule has 1 unspecified atom stereocenters. The van der Waals surface area contributed by atoms with E-state index in [0.29, 0.717) is 18.5 Å². The number of likely N-dealkylation sites (N-methyl/N-ethyl adjacent to an activating group) is 1. The molecule has 0 bridgehead atoms. The maximum Gasteiger partial charge on any atom is 0.243 e. The number of guanidine groups is 1. The molecule has 5 nitrogen and oxygen atoms in total. The summed E-state index contributed by atoms with van der Waals surface area (Å²) in [5, 5.41) is 6.49. The average molecular weight is 424 g/mol. The Kier molecular flexibility index (Phi) is 16.1. The molecular formula is C16H33IN4O. The van der Waals surface area contributed by atoms with Gasteiger partial charge in [0.2, 0.25) is 5.91 Å². The van der Waals surface area contributed by atoms with Crippen LogP contribution in [0.15, 0.2) is 17.6 Å². The van der Waals surface area contributed by atoms with Crippen LogP contribution in [0.4, 0.5) is 0 Å². The molecule has 0 aliphatic carbocycles. The lowest BCUT2D eigenvalue weighted by Crippen LogP contribution is -2.43. The fourth-order valence-corrected chi connectivity index (χ4v) is 1.79. The van der Waals surface area contributed by atoms with Crippen molar-refractivity contribution in [2.24, 2.45) is 4.99 Å². The predicted octanol–water partition coefficient (Wildman–Crippen LogP) is 2.77. The molecule has 0 aliphatic heterocycles. The maximum absolute atomic E-state index is 11.6. The molecule has 130 valence electrons. The van der Waals surface area contributed by atoms with Crippen LogP contribution < -0.4 is 10.6 Å². The van der Waals surface area contributed by atoms with Gasteiger partial charge < -0.3 is 15.5 Å². The van der Waals surface area contributed by atoms with Crippen LogP contribution in [-0.2, 0) is 4.79 Å². The molecule has 1 amide bonds. The smallest absolute Gasteiger partial charge is 0.243 e. The molecule has 0 rings (SSSR count). The van der Waals surface area contributed by atoms with Crippen LogP contribution in [-0.4, -0.2) is 50.0 Å². The van der Waals surface area contributed by atoms with Gasteiger partial charge in [-0.3, -0.25) is 4.79 Å². The average Bonchev–Trinajstić information content (AvgIpc) is 2.45. The summed E-state index contributed by atoms with van der Waals surface area (Å²) in [6, 6.07) is 0.340. The highest BCUT2D eigenvalue weighted by Gasteiger charge is 2.07. The highest BCUT2D eigenvalue weighted by Crippen LogP contribution is 2.05. The summed E-state index contributed by atoms with van der Waals surface area (Å²) in [6.45, 7) is 8.83. The van der Waals surface area contributed by atoms with E-state index >= 15 is 0 Å². The first-order valence-corrected chi connectivity index (χ1v) is 7.87. The Labute approximate surface area is 153 Å². The lowest BCUT2D eigenvalue weighted by atomic mass is 10.1. The Balaban J connectivity index is 0. The van der Waals surface area contributed by atoms with Crippen molar-refractivity contribution in [3.05, 3.63) is 12.7 Å². The molecule has 0 aliphatic rings. The molecule has 0 saturated carbocycles. The molecule has 0 radical (unpaired) electrons. The van der Waals surface area contributed by atoms with Crippen LogP contribution in [0.5, 0.6) is 0 Å². The fourth-order valence-electron chi connectivity index (χ4n) is 1.79. The van der Waals surface area contributed by atoms with E-state index in [2.05, 4.69) is 36.1 Å². The zero-order valence-corrected chi connectivity index (χ0v) is 16.9. The second-order valence-electron chi connectivity index (χ2n) is 5.52. The molecule has 2 N–H and O–H groups in total. The van der Waals surface area contributed by atoms with Crippen LogP contribution >= 0.6 is 24.0 Å². The van der Waals surface area contributed by atoms with Gasteiger partial charge in [0.1, 0.15) is 6.54 Å². The Bertz CT molecular complexity index is 332. The minimum absolute atomic E-state index is 0. The summed E-state index contributed by atoms with van der Waals surface area (Å²) in [7, 11) is 3.47. The first-order chi connectivity index (χ1) is 10.0. The SMILES string of the molecule is C=CCNC(=NCC(=O)N(C)C)NC(C)CCCCCC.I. The molecule has 0 fully saturated rings. The van der Waals surface area contributed by atoms with E-state index in [1.165, 1.54) is 25.7 Å². The lowest BCUT2D eigenvalue weighted by molar-refractivity contribution is -0.127. The summed E-state index contributed by atoms with van der Waals surface area (Å²) in [5.74, 6) is 0.665. The second-order valence-corrected chi connectivity index (χ2v) is 5.52. The van der Waals surface area contributed by atoms with E-state index < -0.39 is 0 Å². The van der Waals surface area contributed by atoms with Gasteiger partial charge >= 0.3 is 0 Å². The lowest BCUT2D eigenvalue weighted by Gasteiger charge is -2.18. The van der Waals surface area contributed by atoms with Crippen LogP contribution in [0.1, 0.15) is 46.0 Å². The molecular weight excluding hydrogens is 391 g/mol. The van der Waals surface area contributed by atoms with Crippen molar-refractivity contribution in [1.29, 1.82) is 0 Å². The fraction of sp³-hybridized carbons (Fsp3) is 0.750. The molecule has 6 heteroatoms. The van der Waals surface area contributed by atoms with Gasteiger partial charge in [0, 0.05) is 26.7 Å². The summed E-state index contributed by atoms with van der Waals surface area (Å²) >= 11 is 0. The van der Waals surface area contributed by atoms with Crippen molar-refractivity contribution in [2.75, 3.05) is 27.2 Å². The van der Waals surface area contributed by atoms with Gasteiger partial charge in [-0.25, -0.2) is 4.99 Å². The van der Waals surface area contributed by atoms with Gasteiger partial charge in [0.05, 0.1) is 0 Å². The van der Waals surface area contributed by atoms with E-state index in [0.717, 1.165) is 6.42 Å². The van der Waals surface area contributed by atoms with Crippen LogP contribution in [0.25, 0.3) is 0 Å². The number of halogens is 1. The van der Waals surface area contributed by atoms with Crippen LogP contribution in [0.2, 0.25) is 0 Å². The molecule has 0 saturated heterocycles. The van der Waals surface area contributed by atoms with Crippen molar-refractivity contribution in [3.8, 4) is 0 Å². The number of hydrogen-bond acceptors (Lipinski definition) is 2. The van der Waals surface area contributed by atoms with Gasteiger partial charge in [0.15, 0.2) is 5.96 Å². The van der Waals surface area contributed by atoms with Crippen LogP contribution in [0, 0.1) is 0 Å². The first kappa shape index (κ1) is 23.5. The van der Waals surface area contributed by atoms with Crippen molar-refractivity contribution >= 4 is 35.8 Å². The number of rotatable bonds is 10. The number of aliphatic imine (C=N–C) groups is 1. The van der Waals surface area contributed by atoms with Crippen molar-refractivity contribution in [3.63, 3.8) is 0 Å². The van der Waals surface area contributed by atoms with Gasteiger partial charge in [-0.05, 0) is 13.3 Å². The van der Waals surface area contributed by atoms with E-state index in [1.54, 1.807) is 25.1 Å². The third-order valence-electron chi connectivity index (χ3n) is 3.16. The zero-order valence-electron chi connectivity index (χ0n) is 14.5. The standard InChI is InChI=1S/C16H32N4O.HI/c1-6-8-9-10-11-14(3)19-16(17-12-7-2)18-13-15(21)20(4)5;/h7,14H,2,6,8-13H2,1,3-5H3,(H2,17,18,19);1H. The molecule has 0 aromatic rings. The number of carbonyl (C=O) groups excluding carboxylic acids is 1. The largest absolute Gasteiger partial charge is 0.354 e. The summed E-state index contributed by atoms with van der Waals surface area (Å²) in [4.78, 5) is 17.5. The Morgan fingerprint density at radius 1 is 1.32 bits per heavy atom. The number of unbranched alkanes of at least 4 members (excludes halogenated alkanes) is 3. The molecule has 1 atom stereocenters. The van der Waals surface area contributed by atoms with E-state index in [1.807, 2.05) is 0 Å². The van der Waals surface area contributed by atoms with Crippen LogP contribution in [0.3, 0.4) is 0 Å². The highest BCUT2D eigenvalue weighted by atomic mass is 127. The van der Waals surface area contributed by atoms with Gasteiger partial charge in [-0.15, -0.1) is 30.6 Å². The third-order valence-corrected chi connectivity index (χ3v) is 3.16. The molecule has 22 heavy (non-hydrogen) atoms. The second kappa shape index (κ2) is 15.1. The molecule has 0 spiro atoms. The Morgan fingerprint density at radius 2 is 2.00 bits per heavy atom. The van der Waals surface area contributed by atoms with Gasteiger partial charge in [-0.1, -0.05) is 38.7 Å². The van der Waals surface area contributed by atoms with Crippen molar-refractivity contribution in [1.82, 2.24) is 15.5 Å². The Hall–Kier alpha value is -0.790. The van der Waals surface area contributed by atoms with Crippen molar-refractivity contribution in [2.45, 2.75) is 52.0 Å². The van der Waals surface area contributed by atoms with E-state index in [9.17, 15) is 4.79 Å². The molecule has 0 aromatic carbocycles. The van der Waals surface area contributed by atoms with E-state index in [-0.39, 0.29) is 36.4 Å². The molecule has 0 heterocycles. The number of carbonyl (C=O) groups is 1.